The molecule has 0 bridgehead atoms. The van der Waals surface area contributed by atoms with E-state index in [1.807, 2.05) is 0 Å². The summed E-state index contributed by atoms with van der Waals surface area (Å²) in [6.07, 6.45) is 16.4. The van der Waals surface area contributed by atoms with Gasteiger partial charge >= 0.3 is 6.09 Å². The highest BCUT2D eigenvalue weighted by atomic mass is 16.6. The molecule has 1 amide bonds. The van der Waals surface area contributed by atoms with Crippen LogP contribution >= 0.6 is 0 Å². The lowest BCUT2D eigenvalue weighted by molar-refractivity contribution is -0.148. The lowest BCUT2D eigenvalue weighted by Gasteiger charge is -2.67. The molecule has 0 spiro atoms. The van der Waals surface area contributed by atoms with E-state index in [0.29, 0.717) is 49.3 Å². The Bertz CT molecular complexity index is 767. The molecule has 5 nitrogen and oxygen atoms in total. The Kier molecular flexibility index (Phi) is 7.24. The monoisotopic (exact) mass is 488 g/mol. The fourth-order valence-electron chi connectivity index (χ4n) is 10.3. The summed E-state index contributed by atoms with van der Waals surface area (Å²) in [5.41, 5.74) is 8.20. The van der Waals surface area contributed by atoms with Gasteiger partial charge in [-0.1, -0.05) is 40.0 Å². The standard InChI is InChI=1S/C30H52N2O3/c1-4-21-20-24-25-10-9-22(8-7-19-35-27(34)32-17-12-23(33)13-18-32)28(25,2)16-11-26(24)29(3)14-5-6-15-30(21,29)31/h21-26,33H,4-20,31H2,1-3H3/t21-,22?,24?,25?,26-,28?,29?,30?/m0/s1. The van der Waals surface area contributed by atoms with Gasteiger partial charge in [0.1, 0.15) is 0 Å². The fourth-order valence-corrected chi connectivity index (χ4v) is 10.3. The van der Waals surface area contributed by atoms with Crippen LogP contribution in [-0.2, 0) is 4.74 Å². The maximum Gasteiger partial charge on any atom is 0.409 e. The highest BCUT2D eigenvalue weighted by molar-refractivity contribution is 5.67. The van der Waals surface area contributed by atoms with Crippen LogP contribution in [0.2, 0.25) is 0 Å². The molecule has 4 saturated carbocycles. The van der Waals surface area contributed by atoms with Crippen molar-refractivity contribution < 1.29 is 14.6 Å². The number of hydrogen-bond acceptors (Lipinski definition) is 4. The third kappa shape index (κ3) is 4.25. The second-order valence-electron chi connectivity index (χ2n) is 13.7. The van der Waals surface area contributed by atoms with E-state index in [1.165, 1.54) is 70.6 Å². The first-order chi connectivity index (χ1) is 16.7. The molecule has 4 aliphatic carbocycles. The molecule has 5 rings (SSSR count). The third-order valence-electron chi connectivity index (χ3n) is 12.5. The molecule has 8 atom stereocenters. The molecule has 0 aromatic rings. The number of ether oxygens (including phenoxy) is 1. The van der Waals surface area contributed by atoms with Gasteiger partial charge in [0.25, 0.3) is 0 Å². The summed E-state index contributed by atoms with van der Waals surface area (Å²) in [6, 6.07) is 0. The van der Waals surface area contributed by atoms with Gasteiger partial charge in [-0.25, -0.2) is 4.79 Å². The predicted molar refractivity (Wildman–Crippen MR) is 140 cm³/mol. The molecule has 0 radical (unpaired) electrons. The van der Waals surface area contributed by atoms with Gasteiger partial charge in [0.2, 0.25) is 0 Å². The van der Waals surface area contributed by atoms with E-state index < -0.39 is 0 Å². The number of nitrogens with zero attached hydrogens (tertiary/aromatic N) is 1. The molecular weight excluding hydrogens is 436 g/mol. The smallest absolute Gasteiger partial charge is 0.409 e. The average Bonchev–Trinajstić information content (AvgIpc) is 3.18. The number of fused-ring (bicyclic) bond motifs is 5. The quantitative estimate of drug-likeness (QED) is 0.457. The minimum atomic E-state index is -0.260. The van der Waals surface area contributed by atoms with Crippen LogP contribution < -0.4 is 5.73 Å². The molecule has 35 heavy (non-hydrogen) atoms. The first kappa shape index (κ1) is 25.8. The number of amides is 1. The molecule has 200 valence electrons. The summed E-state index contributed by atoms with van der Waals surface area (Å²) in [7, 11) is 0. The number of likely N-dealkylation sites (tertiary alicyclic amines) is 1. The Morgan fingerprint density at radius 1 is 1.00 bits per heavy atom. The minimum Gasteiger partial charge on any atom is -0.449 e. The van der Waals surface area contributed by atoms with Crippen LogP contribution in [0.1, 0.15) is 111 Å². The molecular formula is C30H52N2O3. The van der Waals surface area contributed by atoms with Gasteiger partial charge in [-0.15, -0.1) is 0 Å². The molecule has 5 fully saturated rings. The zero-order valence-electron chi connectivity index (χ0n) is 22.8. The SMILES string of the molecule is CC[C@H]1CC2C3CCC(CCCOC(=O)N4CCC(O)CC4)C3(C)CC[C@@H]2C2(C)CCCCC12N. The second kappa shape index (κ2) is 9.82. The minimum absolute atomic E-state index is 0.0588. The highest BCUT2D eigenvalue weighted by Crippen LogP contribution is 2.69. The molecule has 6 unspecified atom stereocenters. The molecule has 0 aromatic carbocycles. The summed E-state index contributed by atoms with van der Waals surface area (Å²) in [5, 5.41) is 9.66. The Hall–Kier alpha value is -0.810. The van der Waals surface area contributed by atoms with Crippen LogP contribution in [0.5, 0.6) is 0 Å². The third-order valence-corrected chi connectivity index (χ3v) is 12.5. The van der Waals surface area contributed by atoms with Crippen LogP contribution in [0.25, 0.3) is 0 Å². The topological polar surface area (TPSA) is 75.8 Å². The molecule has 0 aromatic heterocycles. The largest absolute Gasteiger partial charge is 0.449 e. The van der Waals surface area contributed by atoms with Gasteiger partial charge < -0.3 is 20.5 Å². The normalized spacial score (nSPS) is 46.0. The van der Waals surface area contributed by atoms with E-state index in [9.17, 15) is 9.90 Å². The Morgan fingerprint density at radius 3 is 2.49 bits per heavy atom. The van der Waals surface area contributed by atoms with Crippen molar-refractivity contribution in [2.75, 3.05) is 19.7 Å². The Labute approximate surface area is 213 Å². The van der Waals surface area contributed by atoms with Crippen molar-refractivity contribution >= 4 is 6.09 Å². The summed E-state index contributed by atoms with van der Waals surface area (Å²) in [6.45, 7) is 9.37. The maximum absolute atomic E-state index is 12.4. The first-order valence-electron chi connectivity index (χ1n) is 15.1. The number of aliphatic hydroxyl groups is 1. The predicted octanol–water partition coefficient (Wildman–Crippen LogP) is 6.13. The van der Waals surface area contributed by atoms with E-state index in [-0.39, 0.29) is 17.7 Å². The van der Waals surface area contributed by atoms with Crippen molar-refractivity contribution in [2.45, 2.75) is 122 Å². The summed E-state index contributed by atoms with van der Waals surface area (Å²) < 4.78 is 5.64. The van der Waals surface area contributed by atoms with E-state index in [2.05, 4.69) is 20.8 Å². The van der Waals surface area contributed by atoms with Crippen molar-refractivity contribution in [1.29, 1.82) is 0 Å². The summed E-state index contributed by atoms with van der Waals surface area (Å²) >= 11 is 0. The lowest BCUT2D eigenvalue weighted by Crippen LogP contribution is -2.69. The van der Waals surface area contributed by atoms with Crippen LogP contribution in [0.3, 0.4) is 0 Å². The van der Waals surface area contributed by atoms with Crippen LogP contribution in [0.4, 0.5) is 4.79 Å². The first-order valence-corrected chi connectivity index (χ1v) is 15.1. The number of carbonyl (C=O) groups excluding carboxylic acids is 1. The average molecular weight is 489 g/mol. The number of aliphatic hydroxyl groups excluding tert-OH is 1. The molecule has 5 aliphatic rings. The van der Waals surface area contributed by atoms with Crippen molar-refractivity contribution in [3.63, 3.8) is 0 Å². The molecule has 1 aliphatic heterocycles. The molecule has 1 heterocycles. The van der Waals surface area contributed by atoms with Crippen molar-refractivity contribution in [2.24, 2.45) is 46.2 Å². The van der Waals surface area contributed by atoms with Gasteiger partial charge in [-0.3, -0.25) is 0 Å². The summed E-state index contributed by atoms with van der Waals surface area (Å²) in [5.74, 6) is 3.98. The highest BCUT2D eigenvalue weighted by Gasteiger charge is 2.65. The van der Waals surface area contributed by atoms with Crippen molar-refractivity contribution in [3.8, 4) is 0 Å². The summed E-state index contributed by atoms with van der Waals surface area (Å²) in [4.78, 5) is 14.2. The second-order valence-corrected chi connectivity index (χ2v) is 13.7. The van der Waals surface area contributed by atoms with Gasteiger partial charge in [-0.05, 0) is 111 Å². The van der Waals surface area contributed by atoms with Crippen LogP contribution in [0, 0.1) is 40.4 Å². The zero-order valence-corrected chi connectivity index (χ0v) is 22.8. The zero-order chi connectivity index (χ0) is 24.8. The van der Waals surface area contributed by atoms with Gasteiger partial charge in [-0.2, -0.15) is 0 Å². The maximum atomic E-state index is 12.4. The fraction of sp³-hybridized carbons (Fsp3) is 0.967. The van der Waals surface area contributed by atoms with E-state index >= 15 is 0 Å². The number of hydrogen-bond donors (Lipinski definition) is 2. The van der Waals surface area contributed by atoms with Crippen molar-refractivity contribution in [1.82, 2.24) is 4.90 Å². The number of nitrogens with two attached hydrogens (primary N) is 1. The Balaban J connectivity index is 1.19. The van der Waals surface area contributed by atoms with E-state index in [0.717, 1.165) is 30.1 Å². The van der Waals surface area contributed by atoms with Crippen LogP contribution in [0.15, 0.2) is 0 Å². The number of rotatable bonds is 5. The van der Waals surface area contributed by atoms with Crippen molar-refractivity contribution in [3.05, 3.63) is 0 Å². The molecule has 1 saturated heterocycles. The van der Waals surface area contributed by atoms with Gasteiger partial charge in [0, 0.05) is 18.6 Å². The molecule has 5 heteroatoms. The van der Waals surface area contributed by atoms with Gasteiger partial charge in [0.15, 0.2) is 0 Å². The Morgan fingerprint density at radius 2 is 1.74 bits per heavy atom. The number of piperidine rings is 1. The van der Waals surface area contributed by atoms with E-state index in [4.69, 9.17) is 10.5 Å². The number of carbonyl (C=O) groups is 1. The van der Waals surface area contributed by atoms with Gasteiger partial charge in [0.05, 0.1) is 12.7 Å². The molecule has 3 N–H and O–H groups in total. The van der Waals surface area contributed by atoms with Crippen LogP contribution in [-0.4, -0.2) is 47.4 Å². The lowest BCUT2D eigenvalue weighted by atomic mass is 9.40. The van der Waals surface area contributed by atoms with E-state index in [1.54, 1.807) is 4.90 Å².